The Labute approximate surface area is 352 Å². The van der Waals surface area contributed by atoms with Crippen LogP contribution < -0.4 is 9.47 Å². The molecule has 0 spiro atoms. The van der Waals surface area contributed by atoms with E-state index in [1.165, 1.54) is 96.3 Å². The van der Waals surface area contributed by atoms with Crippen LogP contribution in [0, 0.1) is 0 Å². The summed E-state index contributed by atoms with van der Waals surface area (Å²) >= 11 is 1.59. The molecule has 2 N–H and O–H groups in total. The van der Waals surface area contributed by atoms with Crippen molar-refractivity contribution in [1.29, 1.82) is 0 Å². The molecule has 8 heteroatoms. The molecule has 7 nitrogen and oxygen atoms in total. The number of thioether (sulfide) groups is 1. The molecule has 0 saturated carbocycles. The molecule has 0 fully saturated rings. The van der Waals surface area contributed by atoms with Gasteiger partial charge in [-0.25, -0.2) is 0 Å². The number of hydrogen-bond acceptors (Lipinski definition) is 8. The fourth-order valence-corrected chi connectivity index (χ4v) is 7.94. The molecular formula is C49H79N3O4S. The molecule has 0 radical (unpaired) electrons. The first-order chi connectivity index (χ1) is 26.6. The third-order valence-corrected chi connectivity index (χ3v) is 11.6. The second-order valence-corrected chi connectivity index (χ2v) is 21.3. The lowest BCUT2D eigenvalue weighted by atomic mass is 9.79. The molecule has 0 amide bonds. The lowest BCUT2D eigenvalue weighted by molar-refractivity contribution is 0.376. The highest BCUT2D eigenvalue weighted by molar-refractivity contribution is 7.99. The molecule has 320 valence electrons. The molecule has 3 rings (SSSR count). The number of hydrogen-bond donors (Lipinski definition) is 2. The van der Waals surface area contributed by atoms with Crippen LogP contribution in [0.2, 0.25) is 0 Å². The Morgan fingerprint density at radius 1 is 0.439 bits per heavy atom. The van der Waals surface area contributed by atoms with Crippen molar-refractivity contribution in [3.8, 4) is 35.0 Å². The minimum Gasteiger partial charge on any atom is -0.507 e. The number of unbranched alkanes of at least 4 members (excludes halogenated alkanes) is 15. The summed E-state index contributed by atoms with van der Waals surface area (Å²) in [6.45, 7) is 27.2. The number of rotatable bonds is 22. The van der Waals surface area contributed by atoms with E-state index in [0.717, 1.165) is 34.4 Å². The van der Waals surface area contributed by atoms with E-state index >= 15 is 0 Å². The Balaban J connectivity index is 1.73. The Kier molecular flexibility index (Phi) is 18.5. The second-order valence-electron chi connectivity index (χ2n) is 20.3. The maximum atomic E-state index is 11.3. The summed E-state index contributed by atoms with van der Waals surface area (Å²) in [7, 11) is 0. The van der Waals surface area contributed by atoms with Gasteiger partial charge in [-0.2, -0.15) is 9.97 Å². The van der Waals surface area contributed by atoms with Crippen molar-refractivity contribution in [3.63, 3.8) is 0 Å². The van der Waals surface area contributed by atoms with Gasteiger partial charge in [0.1, 0.15) is 23.0 Å². The number of phenolic OH excluding ortho intramolecular Hbond substituents is 2. The quantitative estimate of drug-likeness (QED) is 0.0765. The molecule has 0 aliphatic rings. The van der Waals surface area contributed by atoms with E-state index in [2.05, 4.69) is 95.0 Å². The Morgan fingerprint density at radius 2 is 0.719 bits per heavy atom. The van der Waals surface area contributed by atoms with Gasteiger partial charge < -0.3 is 19.7 Å². The van der Waals surface area contributed by atoms with Crippen LogP contribution in [0.25, 0.3) is 0 Å². The van der Waals surface area contributed by atoms with E-state index in [1.54, 1.807) is 11.8 Å². The average Bonchev–Trinajstić information content (AvgIpc) is 3.09. The van der Waals surface area contributed by atoms with Crippen molar-refractivity contribution in [1.82, 2.24) is 15.0 Å². The Hall–Kier alpha value is -3.00. The molecule has 0 atom stereocenters. The summed E-state index contributed by atoms with van der Waals surface area (Å²) in [5, 5.41) is 23.2. The van der Waals surface area contributed by atoms with Crippen LogP contribution in [0.3, 0.4) is 0 Å². The zero-order valence-electron chi connectivity index (χ0n) is 38.3. The highest BCUT2D eigenvalue weighted by Crippen LogP contribution is 2.44. The normalized spacial score (nSPS) is 12.6. The zero-order valence-corrected chi connectivity index (χ0v) is 39.1. The van der Waals surface area contributed by atoms with E-state index in [1.807, 2.05) is 24.3 Å². The third-order valence-electron chi connectivity index (χ3n) is 10.6. The number of aromatic hydroxyl groups is 2. The smallest absolute Gasteiger partial charge is 0.329 e. The number of ether oxygens (including phenoxy) is 2. The molecule has 0 aliphatic carbocycles. The molecule has 1 heterocycles. The van der Waals surface area contributed by atoms with Crippen LogP contribution >= 0.6 is 11.8 Å². The first kappa shape index (κ1) is 48.4. The lowest BCUT2D eigenvalue weighted by Crippen LogP contribution is -2.17. The van der Waals surface area contributed by atoms with Crippen LogP contribution in [0.1, 0.15) is 215 Å². The molecule has 57 heavy (non-hydrogen) atoms. The summed E-state index contributed by atoms with van der Waals surface area (Å²) in [6.07, 6.45) is 21.4. The van der Waals surface area contributed by atoms with E-state index in [-0.39, 0.29) is 45.2 Å². The predicted molar refractivity (Wildman–Crippen MR) is 241 cm³/mol. The molecule has 0 bridgehead atoms. The summed E-state index contributed by atoms with van der Waals surface area (Å²) in [5.74, 6) is 2.54. The van der Waals surface area contributed by atoms with Gasteiger partial charge in [0.15, 0.2) is 5.16 Å². The zero-order chi connectivity index (χ0) is 42.4. The molecule has 2 aromatic carbocycles. The monoisotopic (exact) mass is 806 g/mol. The van der Waals surface area contributed by atoms with Crippen LogP contribution in [0.15, 0.2) is 29.4 Å². The minimum absolute atomic E-state index is 0.130. The summed E-state index contributed by atoms with van der Waals surface area (Å²) in [5.41, 5.74) is 1.89. The van der Waals surface area contributed by atoms with E-state index in [0.29, 0.717) is 16.7 Å². The molecule has 0 aliphatic heterocycles. The van der Waals surface area contributed by atoms with Gasteiger partial charge >= 0.3 is 12.0 Å². The van der Waals surface area contributed by atoms with Crippen molar-refractivity contribution in [2.75, 3.05) is 5.75 Å². The van der Waals surface area contributed by atoms with Crippen molar-refractivity contribution in [2.24, 2.45) is 0 Å². The topological polar surface area (TPSA) is 97.6 Å². The number of nitrogens with zero attached hydrogens (tertiary/aromatic N) is 3. The number of benzene rings is 2. The molecule has 0 saturated heterocycles. The summed E-state index contributed by atoms with van der Waals surface area (Å²) < 4.78 is 12.9. The van der Waals surface area contributed by atoms with E-state index in [4.69, 9.17) is 19.4 Å². The van der Waals surface area contributed by atoms with E-state index < -0.39 is 0 Å². The van der Waals surface area contributed by atoms with Gasteiger partial charge in [-0.3, -0.25) is 0 Å². The molecule has 3 aromatic rings. The maximum Gasteiger partial charge on any atom is 0.329 e. The number of phenols is 2. The molecule has 0 unspecified atom stereocenters. The van der Waals surface area contributed by atoms with Gasteiger partial charge in [-0.1, -0.05) is 198 Å². The largest absolute Gasteiger partial charge is 0.507 e. The highest BCUT2D eigenvalue weighted by atomic mass is 32.2. The molecule has 1 aromatic heterocycles. The SMILES string of the molecule is CCCCCCCCCCCCCCCCCCSc1nc(Oc2cc(C(C)(C)C)c(O)c(C(C)(C)C)c2)nc(Oc2cc(C(C)(C)C)c(O)c(C(C)(C)C)c2)n1. The second kappa shape index (κ2) is 21.8. The van der Waals surface area contributed by atoms with Crippen molar-refractivity contribution in [2.45, 2.75) is 220 Å². The predicted octanol–water partition coefficient (Wildman–Crippen LogP) is 15.4. The van der Waals surface area contributed by atoms with Gasteiger partial charge in [0.05, 0.1) is 0 Å². The first-order valence-corrected chi connectivity index (χ1v) is 23.1. The third kappa shape index (κ3) is 16.3. The van der Waals surface area contributed by atoms with Crippen LogP contribution in [0.4, 0.5) is 0 Å². The average molecular weight is 806 g/mol. The maximum absolute atomic E-state index is 11.3. The van der Waals surface area contributed by atoms with E-state index in [9.17, 15) is 10.2 Å². The van der Waals surface area contributed by atoms with Crippen LogP contribution in [-0.4, -0.2) is 30.9 Å². The standard InChI is InChI=1S/C49H79N3O4S/c1-14-15-16-17-18-19-20-21-22-23-24-25-26-27-28-29-30-57-45-51-43(55-35-31-37(46(2,3)4)41(53)38(32-35)47(5,6)7)50-44(52-45)56-36-33-39(48(8,9)10)42(54)40(34-36)49(11,12)13/h31-34,53-54H,14-30H2,1-13H3. The van der Waals surface area contributed by atoms with Crippen LogP contribution in [-0.2, 0) is 21.7 Å². The van der Waals surface area contributed by atoms with Gasteiger partial charge in [-0.05, 0) is 52.3 Å². The van der Waals surface area contributed by atoms with Crippen LogP contribution in [0.5, 0.6) is 35.0 Å². The van der Waals surface area contributed by atoms with Gasteiger partial charge in [-0.15, -0.1) is 4.98 Å². The summed E-state index contributed by atoms with van der Waals surface area (Å²) in [6, 6.07) is 7.77. The Morgan fingerprint density at radius 3 is 1.00 bits per heavy atom. The summed E-state index contributed by atoms with van der Waals surface area (Å²) in [4.78, 5) is 14.2. The Bertz CT molecular complexity index is 1510. The van der Waals surface area contributed by atoms with Crippen molar-refractivity contribution < 1.29 is 19.7 Å². The van der Waals surface area contributed by atoms with Gasteiger partial charge in [0.2, 0.25) is 0 Å². The highest BCUT2D eigenvalue weighted by Gasteiger charge is 2.29. The van der Waals surface area contributed by atoms with Gasteiger partial charge in [0, 0.05) is 28.0 Å². The minimum atomic E-state index is -0.320. The van der Waals surface area contributed by atoms with Crippen molar-refractivity contribution >= 4 is 11.8 Å². The first-order valence-electron chi connectivity index (χ1n) is 22.1. The van der Waals surface area contributed by atoms with Gasteiger partial charge in [0.25, 0.3) is 0 Å². The molecular weight excluding hydrogens is 727 g/mol. The van der Waals surface area contributed by atoms with Crippen molar-refractivity contribution in [3.05, 3.63) is 46.5 Å². The number of aromatic nitrogens is 3. The fourth-order valence-electron chi connectivity index (χ4n) is 7.12. The fraction of sp³-hybridized carbons (Fsp3) is 0.694. The lowest BCUT2D eigenvalue weighted by Gasteiger charge is -2.28.